The molecule has 1 aliphatic carbocycles. The van der Waals surface area contributed by atoms with Crippen LogP contribution >= 0.6 is 0 Å². The molecule has 1 saturated carbocycles. The zero-order chi connectivity index (χ0) is 6.85. The van der Waals surface area contributed by atoms with E-state index in [1.807, 2.05) is 0 Å². The summed E-state index contributed by atoms with van der Waals surface area (Å²) in [7, 11) is 0. The lowest BCUT2D eigenvalue weighted by Gasteiger charge is -2.11. The molecule has 1 heteroatoms. The highest BCUT2D eigenvalue weighted by Gasteiger charge is 2.28. The number of nitrogens with two attached hydrogens (primary N) is 1. The highest BCUT2D eigenvalue weighted by molar-refractivity contribution is 4.84. The summed E-state index contributed by atoms with van der Waals surface area (Å²) in [5.74, 6) is 1.66. The van der Waals surface area contributed by atoms with Crippen LogP contribution < -0.4 is 5.73 Å². The molecule has 0 aromatic carbocycles. The van der Waals surface area contributed by atoms with Gasteiger partial charge in [-0.2, -0.15) is 0 Å². The number of hydrogen-bond donors (Lipinski definition) is 1. The van der Waals surface area contributed by atoms with Gasteiger partial charge in [-0.15, -0.1) is 0 Å². The van der Waals surface area contributed by atoms with Crippen LogP contribution in [0.3, 0.4) is 0 Å². The summed E-state index contributed by atoms with van der Waals surface area (Å²) >= 11 is 0. The van der Waals surface area contributed by atoms with E-state index in [2.05, 4.69) is 13.8 Å². The third-order valence-electron chi connectivity index (χ3n) is 1.97. The minimum absolute atomic E-state index is 0.505. The monoisotopic (exact) mass is 127 g/mol. The second-order valence-corrected chi connectivity index (χ2v) is 3.63. The van der Waals surface area contributed by atoms with Gasteiger partial charge in [0.2, 0.25) is 0 Å². The maximum Gasteiger partial charge on any atom is 0.00695 e. The molecule has 1 rings (SSSR count). The predicted molar refractivity (Wildman–Crippen MR) is 40.2 cm³/mol. The fourth-order valence-electron chi connectivity index (χ4n) is 1.26. The molecule has 1 fully saturated rings. The van der Waals surface area contributed by atoms with Crippen LogP contribution in [0.2, 0.25) is 0 Å². The lowest BCUT2D eigenvalue weighted by molar-refractivity contribution is 0.459. The highest BCUT2D eigenvalue weighted by Crippen LogP contribution is 2.33. The fraction of sp³-hybridized carbons (Fsp3) is 1.00. The molecule has 1 aliphatic rings. The zero-order valence-electron chi connectivity index (χ0n) is 6.43. The molecule has 0 spiro atoms. The van der Waals surface area contributed by atoms with Gasteiger partial charge in [-0.25, -0.2) is 0 Å². The minimum Gasteiger partial charge on any atom is -0.327 e. The maximum absolute atomic E-state index is 5.88. The van der Waals surface area contributed by atoms with Gasteiger partial charge in [-0.3, -0.25) is 0 Å². The summed E-state index contributed by atoms with van der Waals surface area (Å²) in [6.45, 7) is 4.48. The fourth-order valence-corrected chi connectivity index (χ4v) is 1.26. The molecule has 1 nitrogen and oxygen atoms in total. The molecule has 54 valence electrons. The molecular formula is C8H17N. The quantitative estimate of drug-likeness (QED) is 0.614. The van der Waals surface area contributed by atoms with Crippen molar-refractivity contribution < 1.29 is 0 Å². The molecule has 9 heavy (non-hydrogen) atoms. The molecule has 0 aromatic rings. The Morgan fingerprint density at radius 2 is 2.00 bits per heavy atom. The number of hydrogen-bond acceptors (Lipinski definition) is 1. The maximum atomic E-state index is 5.88. The first kappa shape index (κ1) is 7.07. The van der Waals surface area contributed by atoms with Crippen molar-refractivity contribution >= 4 is 0 Å². The van der Waals surface area contributed by atoms with Crippen LogP contribution in [0.5, 0.6) is 0 Å². The third kappa shape index (κ3) is 2.35. The van der Waals surface area contributed by atoms with Crippen LogP contribution in [-0.4, -0.2) is 6.04 Å². The van der Waals surface area contributed by atoms with Gasteiger partial charge >= 0.3 is 0 Å². The Kier molecular flexibility index (Phi) is 2.12. The molecule has 1 unspecified atom stereocenters. The van der Waals surface area contributed by atoms with Crippen molar-refractivity contribution in [2.45, 2.75) is 39.2 Å². The molecule has 0 aliphatic heterocycles. The van der Waals surface area contributed by atoms with Crippen molar-refractivity contribution in [3.8, 4) is 0 Å². The minimum atomic E-state index is 0.505. The topological polar surface area (TPSA) is 26.0 Å². The highest BCUT2D eigenvalue weighted by atomic mass is 14.7. The Bertz CT molecular complexity index is 84.6. The van der Waals surface area contributed by atoms with Gasteiger partial charge in [0.25, 0.3) is 0 Å². The van der Waals surface area contributed by atoms with Crippen molar-refractivity contribution in [1.29, 1.82) is 0 Å². The second kappa shape index (κ2) is 2.70. The smallest absolute Gasteiger partial charge is 0.00695 e. The van der Waals surface area contributed by atoms with E-state index in [9.17, 15) is 0 Å². The van der Waals surface area contributed by atoms with Crippen LogP contribution in [0.15, 0.2) is 0 Å². The lowest BCUT2D eigenvalue weighted by atomic mass is 10.0. The zero-order valence-corrected chi connectivity index (χ0v) is 6.43. The molecule has 0 saturated heterocycles. The largest absolute Gasteiger partial charge is 0.327 e. The van der Waals surface area contributed by atoms with E-state index < -0.39 is 0 Å². The molecule has 0 aromatic heterocycles. The standard InChI is InChI=1S/C8H17N/c1-6(2)5-8(9)7-3-4-7/h6-8H,3-5,9H2,1-2H3. The van der Waals surface area contributed by atoms with Crippen molar-refractivity contribution in [3.05, 3.63) is 0 Å². The van der Waals surface area contributed by atoms with E-state index >= 15 is 0 Å². The SMILES string of the molecule is CC(C)CC(N)C1CC1. The van der Waals surface area contributed by atoms with E-state index in [1.54, 1.807) is 0 Å². The first-order chi connectivity index (χ1) is 4.20. The Labute approximate surface area is 57.6 Å². The van der Waals surface area contributed by atoms with Crippen molar-refractivity contribution in [2.24, 2.45) is 17.6 Å². The first-order valence-electron chi connectivity index (χ1n) is 3.95. The average Bonchev–Trinajstić information content (AvgIpc) is 2.40. The second-order valence-electron chi connectivity index (χ2n) is 3.63. The van der Waals surface area contributed by atoms with E-state index in [1.165, 1.54) is 19.3 Å². The van der Waals surface area contributed by atoms with Gasteiger partial charge in [-0.05, 0) is 31.1 Å². The molecular weight excluding hydrogens is 110 g/mol. The summed E-state index contributed by atoms with van der Waals surface area (Å²) < 4.78 is 0. The van der Waals surface area contributed by atoms with E-state index in [4.69, 9.17) is 5.73 Å². The molecule has 0 radical (unpaired) electrons. The van der Waals surface area contributed by atoms with Crippen LogP contribution in [0, 0.1) is 11.8 Å². The Morgan fingerprint density at radius 3 is 2.33 bits per heavy atom. The van der Waals surface area contributed by atoms with E-state index in [0.29, 0.717) is 6.04 Å². The lowest BCUT2D eigenvalue weighted by Crippen LogP contribution is -2.23. The Balaban J connectivity index is 2.10. The van der Waals surface area contributed by atoms with Gasteiger partial charge < -0.3 is 5.73 Å². The average molecular weight is 127 g/mol. The van der Waals surface area contributed by atoms with Gasteiger partial charge in [0.05, 0.1) is 0 Å². The van der Waals surface area contributed by atoms with Gasteiger partial charge in [0.1, 0.15) is 0 Å². The Morgan fingerprint density at radius 1 is 1.44 bits per heavy atom. The van der Waals surface area contributed by atoms with Gasteiger partial charge in [0.15, 0.2) is 0 Å². The summed E-state index contributed by atoms with van der Waals surface area (Å²) in [5, 5.41) is 0. The van der Waals surface area contributed by atoms with Crippen molar-refractivity contribution in [1.82, 2.24) is 0 Å². The summed E-state index contributed by atoms with van der Waals surface area (Å²) in [5.41, 5.74) is 5.88. The van der Waals surface area contributed by atoms with Crippen molar-refractivity contribution in [3.63, 3.8) is 0 Å². The molecule has 0 amide bonds. The summed E-state index contributed by atoms with van der Waals surface area (Å²) in [6.07, 6.45) is 3.98. The number of rotatable bonds is 3. The first-order valence-corrected chi connectivity index (χ1v) is 3.95. The normalized spacial score (nSPS) is 22.7. The summed E-state index contributed by atoms with van der Waals surface area (Å²) in [4.78, 5) is 0. The van der Waals surface area contributed by atoms with Crippen LogP contribution in [0.4, 0.5) is 0 Å². The third-order valence-corrected chi connectivity index (χ3v) is 1.97. The van der Waals surface area contributed by atoms with Crippen LogP contribution in [0.25, 0.3) is 0 Å². The van der Waals surface area contributed by atoms with Crippen LogP contribution in [-0.2, 0) is 0 Å². The molecule has 0 bridgehead atoms. The van der Waals surface area contributed by atoms with Gasteiger partial charge in [-0.1, -0.05) is 13.8 Å². The Hall–Kier alpha value is -0.0400. The summed E-state index contributed by atoms with van der Waals surface area (Å²) in [6, 6.07) is 0.505. The molecule has 0 heterocycles. The van der Waals surface area contributed by atoms with E-state index in [-0.39, 0.29) is 0 Å². The van der Waals surface area contributed by atoms with E-state index in [0.717, 1.165) is 11.8 Å². The van der Waals surface area contributed by atoms with Gasteiger partial charge in [0, 0.05) is 6.04 Å². The van der Waals surface area contributed by atoms with Crippen molar-refractivity contribution in [2.75, 3.05) is 0 Å². The van der Waals surface area contributed by atoms with Crippen LogP contribution in [0.1, 0.15) is 33.1 Å². The predicted octanol–water partition coefficient (Wildman–Crippen LogP) is 1.77. The molecule has 1 atom stereocenters. The molecule has 2 N–H and O–H groups in total.